The van der Waals surface area contributed by atoms with E-state index in [1.807, 2.05) is 37.3 Å². The number of ether oxygens (including phenoxy) is 1. The van der Waals surface area contributed by atoms with Crippen LogP contribution >= 0.6 is 0 Å². The van der Waals surface area contributed by atoms with Crippen LogP contribution in [-0.4, -0.2) is 72.2 Å². The number of likely N-dealkylation sites (N-methyl/N-ethyl adjacent to an activating group) is 1. The third-order valence-electron chi connectivity index (χ3n) is 7.58. The van der Waals surface area contributed by atoms with Crippen LogP contribution in [0.5, 0.6) is 5.75 Å². The highest BCUT2D eigenvalue weighted by Crippen LogP contribution is 2.48. The van der Waals surface area contributed by atoms with E-state index < -0.39 is 41.9 Å². The molecule has 0 saturated heterocycles. The Morgan fingerprint density at radius 3 is 2.51 bits per heavy atom. The third-order valence-corrected chi connectivity index (χ3v) is 7.58. The van der Waals surface area contributed by atoms with E-state index in [9.17, 15) is 23.9 Å². The van der Waals surface area contributed by atoms with E-state index in [0.717, 1.165) is 18.4 Å². The van der Waals surface area contributed by atoms with Gasteiger partial charge in [0.05, 0.1) is 12.1 Å². The Morgan fingerprint density at radius 2 is 1.85 bits per heavy atom. The molecular formula is C29H37FN4O5. The van der Waals surface area contributed by atoms with Crippen LogP contribution in [0.2, 0.25) is 0 Å². The summed E-state index contributed by atoms with van der Waals surface area (Å²) < 4.78 is 19.9. The van der Waals surface area contributed by atoms with Crippen LogP contribution in [0.25, 0.3) is 0 Å². The number of aliphatic hydroxyl groups is 1. The van der Waals surface area contributed by atoms with Gasteiger partial charge in [-0.25, -0.2) is 4.39 Å². The van der Waals surface area contributed by atoms with Gasteiger partial charge in [-0.15, -0.1) is 0 Å². The van der Waals surface area contributed by atoms with Gasteiger partial charge < -0.3 is 30.7 Å². The minimum atomic E-state index is -1.21. The molecule has 39 heavy (non-hydrogen) atoms. The Kier molecular flexibility index (Phi) is 8.87. The van der Waals surface area contributed by atoms with Gasteiger partial charge in [0.25, 0.3) is 0 Å². The van der Waals surface area contributed by atoms with E-state index in [2.05, 4.69) is 16.0 Å². The number of fused-ring (bicyclic) bond motifs is 1. The van der Waals surface area contributed by atoms with Crippen LogP contribution in [0.15, 0.2) is 48.5 Å². The molecule has 1 aliphatic heterocycles. The quantitative estimate of drug-likeness (QED) is 0.467. The molecule has 0 radical (unpaired) electrons. The number of nitrogens with one attached hydrogen (secondary N) is 3. The zero-order valence-electron chi connectivity index (χ0n) is 22.6. The molecule has 4 rings (SSSR count). The molecular weight excluding hydrogens is 503 g/mol. The molecule has 1 heterocycles. The molecule has 1 saturated carbocycles. The SMILES string of the molecule is CC(O)[C@H]1C(=O)N[C@H](Cc2ccccc2)C(=O)NCc2ccc(F)cc2OCCN[C@@H](C2(C)CC2)C(=O)N1C. The van der Waals surface area contributed by atoms with Crippen molar-refractivity contribution in [1.29, 1.82) is 0 Å². The average molecular weight is 541 g/mol. The molecule has 1 unspecified atom stereocenters. The fraction of sp³-hybridized carbons (Fsp3) is 0.483. The Labute approximate surface area is 228 Å². The van der Waals surface area contributed by atoms with Crippen LogP contribution in [0, 0.1) is 11.2 Å². The van der Waals surface area contributed by atoms with Crippen molar-refractivity contribution in [2.24, 2.45) is 5.41 Å². The number of benzene rings is 2. The Balaban J connectivity index is 1.67. The van der Waals surface area contributed by atoms with Gasteiger partial charge in [-0.1, -0.05) is 43.3 Å². The van der Waals surface area contributed by atoms with E-state index in [0.29, 0.717) is 17.9 Å². The van der Waals surface area contributed by atoms with Gasteiger partial charge >= 0.3 is 0 Å². The molecule has 10 heteroatoms. The molecule has 1 fully saturated rings. The van der Waals surface area contributed by atoms with Gasteiger partial charge in [-0.3, -0.25) is 14.4 Å². The summed E-state index contributed by atoms with van der Waals surface area (Å²) in [7, 11) is 1.49. The zero-order valence-corrected chi connectivity index (χ0v) is 22.6. The number of carbonyl (C=O) groups is 3. The maximum atomic E-state index is 14.0. The fourth-order valence-electron chi connectivity index (χ4n) is 4.97. The third kappa shape index (κ3) is 6.93. The number of carbonyl (C=O) groups excluding carboxylic acids is 3. The zero-order chi connectivity index (χ0) is 28.2. The molecule has 2 aliphatic rings. The summed E-state index contributed by atoms with van der Waals surface area (Å²) in [6.45, 7) is 3.96. The van der Waals surface area contributed by atoms with Gasteiger partial charge in [-0.05, 0) is 36.8 Å². The van der Waals surface area contributed by atoms with Crippen LogP contribution in [0.1, 0.15) is 37.8 Å². The normalized spacial score (nSPS) is 25.1. The summed E-state index contributed by atoms with van der Waals surface area (Å²) in [5.41, 5.74) is 1.10. The Hall–Kier alpha value is -3.50. The van der Waals surface area contributed by atoms with Crippen molar-refractivity contribution in [3.8, 4) is 5.75 Å². The lowest BCUT2D eigenvalue weighted by Gasteiger charge is -2.35. The number of nitrogens with zero attached hydrogens (tertiary/aromatic N) is 1. The minimum Gasteiger partial charge on any atom is -0.492 e. The Morgan fingerprint density at radius 1 is 1.13 bits per heavy atom. The molecule has 0 spiro atoms. The lowest BCUT2D eigenvalue weighted by molar-refractivity contribution is -0.146. The first-order valence-corrected chi connectivity index (χ1v) is 13.3. The fourth-order valence-corrected chi connectivity index (χ4v) is 4.97. The first-order chi connectivity index (χ1) is 18.6. The molecule has 2 aromatic rings. The molecule has 210 valence electrons. The topological polar surface area (TPSA) is 120 Å². The second-order valence-corrected chi connectivity index (χ2v) is 10.7. The van der Waals surface area contributed by atoms with Crippen molar-refractivity contribution < 1.29 is 28.6 Å². The first kappa shape index (κ1) is 28.5. The summed E-state index contributed by atoms with van der Waals surface area (Å²) >= 11 is 0. The van der Waals surface area contributed by atoms with E-state index in [4.69, 9.17) is 4.74 Å². The molecule has 0 bridgehead atoms. The smallest absolute Gasteiger partial charge is 0.246 e. The largest absolute Gasteiger partial charge is 0.492 e. The van der Waals surface area contributed by atoms with E-state index in [1.54, 1.807) is 6.07 Å². The van der Waals surface area contributed by atoms with E-state index in [-0.39, 0.29) is 30.9 Å². The highest BCUT2D eigenvalue weighted by Gasteiger charge is 2.50. The molecule has 9 nitrogen and oxygen atoms in total. The molecule has 3 amide bonds. The van der Waals surface area contributed by atoms with Gasteiger partial charge in [0.2, 0.25) is 17.7 Å². The van der Waals surface area contributed by atoms with Gasteiger partial charge in [-0.2, -0.15) is 0 Å². The first-order valence-electron chi connectivity index (χ1n) is 13.3. The van der Waals surface area contributed by atoms with Crippen LogP contribution in [0.3, 0.4) is 0 Å². The molecule has 2 aromatic carbocycles. The second-order valence-electron chi connectivity index (χ2n) is 10.7. The lowest BCUT2D eigenvalue weighted by Crippen LogP contribution is -2.61. The summed E-state index contributed by atoms with van der Waals surface area (Å²) in [4.78, 5) is 41.8. The summed E-state index contributed by atoms with van der Waals surface area (Å²) in [5, 5.41) is 19.4. The van der Waals surface area contributed by atoms with Crippen LogP contribution in [0.4, 0.5) is 4.39 Å². The maximum Gasteiger partial charge on any atom is 0.246 e. The molecule has 0 aromatic heterocycles. The van der Waals surface area contributed by atoms with Gasteiger partial charge in [0, 0.05) is 38.2 Å². The van der Waals surface area contributed by atoms with Crippen molar-refractivity contribution in [3.63, 3.8) is 0 Å². The number of hydrogen-bond acceptors (Lipinski definition) is 6. The standard InChI is InChI=1S/C29H37FN4O5/c1-18(35)24-27(37)33-22(15-19-7-5-4-6-8-19)26(36)32-17-20-9-10-21(30)16-23(20)39-14-13-31-25(28(38)34(24)3)29(2)11-12-29/h4-10,16,18,22,24-25,31,35H,11-15,17H2,1-3H3,(H,32,36)(H,33,37)/t18?,22-,24+,25-/m1/s1. The maximum absolute atomic E-state index is 14.0. The summed E-state index contributed by atoms with van der Waals surface area (Å²) in [6.07, 6.45) is 0.682. The minimum absolute atomic E-state index is 0.0575. The molecule has 4 N–H and O–H groups in total. The van der Waals surface area contributed by atoms with Gasteiger partial charge in [0.1, 0.15) is 30.3 Å². The van der Waals surface area contributed by atoms with Crippen LogP contribution in [-0.2, 0) is 27.3 Å². The molecule has 1 aliphatic carbocycles. The monoisotopic (exact) mass is 540 g/mol. The van der Waals surface area contributed by atoms with Crippen molar-refractivity contribution >= 4 is 17.7 Å². The highest BCUT2D eigenvalue weighted by atomic mass is 19.1. The second kappa shape index (κ2) is 12.1. The van der Waals surface area contributed by atoms with E-state index >= 15 is 0 Å². The average Bonchev–Trinajstić information content (AvgIpc) is 3.64. The van der Waals surface area contributed by atoms with Crippen molar-refractivity contribution in [2.45, 2.75) is 63.9 Å². The van der Waals surface area contributed by atoms with E-state index in [1.165, 1.54) is 31.0 Å². The lowest BCUT2D eigenvalue weighted by atomic mass is 9.96. The van der Waals surface area contributed by atoms with Crippen molar-refractivity contribution in [2.75, 3.05) is 20.2 Å². The number of aliphatic hydroxyl groups excluding tert-OH is 1. The van der Waals surface area contributed by atoms with Crippen molar-refractivity contribution in [1.82, 2.24) is 20.9 Å². The Bertz CT molecular complexity index is 1190. The summed E-state index contributed by atoms with van der Waals surface area (Å²) in [5.74, 6) is -1.60. The van der Waals surface area contributed by atoms with Crippen molar-refractivity contribution in [3.05, 3.63) is 65.5 Å². The molecule has 4 atom stereocenters. The number of halogens is 1. The number of rotatable bonds is 4. The summed E-state index contributed by atoms with van der Waals surface area (Å²) in [6, 6.07) is 10.5. The van der Waals surface area contributed by atoms with Gasteiger partial charge in [0.15, 0.2) is 0 Å². The highest BCUT2D eigenvalue weighted by molar-refractivity contribution is 5.93. The predicted molar refractivity (Wildman–Crippen MR) is 143 cm³/mol. The number of amides is 3. The predicted octanol–water partition coefficient (Wildman–Crippen LogP) is 1.53. The number of hydrogen-bond donors (Lipinski definition) is 4. The van der Waals surface area contributed by atoms with Crippen LogP contribution < -0.4 is 20.7 Å².